The van der Waals surface area contributed by atoms with Crippen molar-refractivity contribution in [3.63, 3.8) is 0 Å². The molecule has 3 aliphatic rings. The molecule has 618 valence electrons. The first-order valence-corrected chi connectivity index (χ1v) is 44.0. The minimum absolute atomic E-state index is 0.129. The Morgan fingerprint density at radius 2 is 0.773 bits per heavy atom. The van der Waals surface area contributed by atoms with Crippen LogP contribution in [0.2, 0.25) is 0 Å². The molecule has 18 rings (SSSR count). The predicted octanol–water partition coefficient (Wildman–Crippen LogP) is 29.8. The van der Waals surface area contributed by atoms with Gasteiger partial charge < -0.3 is 16.0 Å². The number of hydrogen-bond donors (Lipinski definition) is 3. The summed E-state index contributed by atoms with van der Waals surface area (Å²) in [6.07, 6.45) is 14.5. The Balaban J connectivity index is 0.000000141. The highest BCUT2D eigenvalue weighted by Crippen LogP contribution is 2.34. The van der Waals surface area contributed by atoms with Crippen molar-refractivity contribution < 1.29 is 0 Å². The van der Waals surface area contributed by atoms with Crippen molar-refractivity contribution in [2.24, 2.45) is 0 Å². The van der Waals surface area contributed by atoms with Crippen LogP contribution in [0.25, 0.3) is 64.8 Å². The molecule has 0 bridgehead atoms. The number of para-hydroxylation sites is 1. The van der Waals surface area contributed by atoms with Crippen LogP contribution in [0, 0.1) is 0 Å². The summed E-state index contributed by atoms with van der Waals surface area (Å²) in [5.41, 5.74) is 23.0. The van der Waals surface area contributed by atoms with Gasteiger partial charge in [0.05, 0.1) is 11.2 Å². The number of fused-ring (bicyclic) bond motifs is 9. The Hall–Kier alpha value is -10.7. The molecule has 7 heteroatoms. The lowest BCUT2D eigenvalue weighted by Gasteiger charge is -2.22. The SMILES string of the molecule is CC(C)(C)c1cc2ccccc2cn1.CC(C)(C)c1ccc2ccccc2c1.CC(C)c1cccc2c1CCCN2.CC(C)c1cccc2c1CCNC2.CC(C)c1cccc2c1CNCC2.CC(C)c1cccc2ccccc12.CC(C)c1ccnc2ccccc12.CC(C)c1cncc2ccccc12.CC(C)c1nccc2ccccc12. The number of rotatable bonds is 7. The van der Waals surface area contributed by atoms with Gasteiger partial charge >= 0.3 is 0 Å². The molecule has 0 unspecified atom stereocenters. The van der Waals surface area contributed by atoms with Crippen molar-refractivity contribution in [2.75, 3.05) is 25.0 Å². The summed E-state index contributed by atoms with van der Waals surface area (Å²) in [7, 11) is 0. The maximum atomic E-state index is 4.48. The van der Waals surface area contributed by atoms with E-state index in [0.717, 1.165) is 43.9 Å². The van der Waals surface area contributed by atoms with Gasteiger partial charge in [0.1, 0.15) is 0 Å². The molecule has 3 N–H and O–H groups in total. The van der Waals surface area contributed by atoms with E-state index in [1.165, 1.54) is 135 Å². The topological polar surface area (TPSA) is 87.7 Å². The van der Waals surface area contributed by atoms with E-state index in [9.17, 15) is 0 Å². The maximum absolute atomic E-state index is 4.48. The number of nitrogens with one attached hydrogen (secondary N) is 3. The maximum Gasteiger partial charge on any atom is 0.0704 e. The van der Waals surface area contributed by atoms with Gasteiger partial charge in [-0.25, -0.2) is 0 Å². The zero-order valence-electron chi connectivity index (χ0n) is 75.3. The first kappa shape index (κ1) is 90.6. The number of aromatic nitrogens is 4. The van der Waals surface area contributed by atoms with E-state index >= 15 is 0 Å². The van der Waals surface area contributed by atoms with Crippen LogP contribution in [-0.2, 0) is 43.2 Å². The van der Waals surface area contributed by atoms with Crippen molar-refractivity contribution in [3.05, 3.63) is 364 Å². The Morgan fingerprint density at radius 1 is 0.294 bits per heavy atom. The first-order chi connectivity index (χ1) is 57.2. The molecule has 15 aromatic rings. The van der Waals surface area contributed by atoms with Gasteiger partial charge in [-0.15, -0.1) is 0 Å². The van der Waals surface area contributed by atoms with Crippen LogP contribution >= 0.6 is 0 Å². The molecule has 4 aromatic heterocycles. The van der Waals surface area contributed by atoms with Gasteiger partial charge in [0.2, 0.25) is 0 Å². The monoisotopic (exact) mass is 1580 g/mol. The van der Waals surface area contributed by atoms with E-state index in [0.29, 0.717) is 41.4 Å². The smallest absolute Gasteiger partial charge is 0.0704 e. The normalized spacial score (nSPS) is 12.8. The second kappa shape index (κ2) is 43.8. The molecule has 3 aliphatic heterocycles. The van der Waals surface area contributed by atoms with Gasteiger partial charge in [0.15, 0.2) is 0 Å². The van der Waals surface area contributed by atoms with Crippen LogP contribution in [0.1, 0.15) is 264 Å². The highest BCUT2D eigenvalue weighted by molar-refractivity contribution is 5.88. The summed E-state index contributed by atoms with van der Waals surface area (Å²) in [5, 5.41) is 24.6. The lowest BCUT2D eigenvalue weighted by molar-refractivity contribution is 0.570. The highest BCUT2D eigenvalue weighted by atomic mass is 14.9. The zero-order valence-corrected chi connectivity index (χ0v) is 75.3. The first-order valence-electron chi connectivity index (χ1n) is 44.0. The van der Waals surface area contributed by atoms with E-state index in [1.807, 2.05) is 49.2 Å². The van der Waals surface area contributed by atoms with E-state index in [4.69, 9.17) is 0 Å². The minimum Gasteiger partial charge on any atom is -0.385 e. The molecule has 11 aromatic carbocycles. The molecule has 7 heterocycles. The Morgan fingerprint density at radius 3 is 1.40 bits per heavy atom. The molecule has 0 amide bonds. The second-order valence-electron chi connectivity index (χ2n) is 36.1. The van der Waals surface area contributed by atoms with Crippen LogP contribution in [0.5, 0.6) is 0 Å². The third-order valence-electron chi connectivity index (χ3n) is 22.7. The van der Waals surface area contributed by atoms with E-state index in [-0.39, 0.29) is 10.8 Å². The molecule has 0 fully saturated rings. The molecule has 0 atom stereocenters. The molecule has 119 heavy (non-hydrogen) atoms. The molecular weight excluding hydrogens is 1440 g/mol. The predicted molar refractivity (Wildman–Crippen MR) is 518 cm³/mol. The Bertz CT molecular complexity index is 5100. The summed E-state index contributed by atoms with van der Waals surface area (Å²) in [6.45, 7) is 50.1. The van der Waals surface area contributed by atoms with E-state index in [2.05, 4.69) is 411 Å². The Labute approximate surface area is 714 Å². The van der Waals surface area contributed by atoms with E-state index in [1.54, 1.807) is 27.8 Å². The minimum atomic E-state index is 0.129. The summed E-state index contributed by atoms with van der Waals surface area (Å²) >= 11 is 0. The largest absolute Gasteiger partial charge is 0.385 e. The van der Waals surface area contributed by atoms with Gasteiger partial charge in [-0.2, -0.15) is 0 Å². The van der Waals surface area contributed by atoms with Crippen LogP contribution in [0.4, 0.5) is 5.69 Å². The second-order valence-corrected chi connectivity index (χ2v) is 36.1. The number of benzene rings is 11. The van der Waals surface area contributed by atoms with Crippen molar-refractivity contribution >= 4 is 70.5 Å². The van der Waals surface area contributed by atoms with Crippen LogP contribution in [0.3, 0.4) is 0 Å². The van der Waals surface area contributed by atoms with Gasteiger partial charge in [-0.3, -0.25) is 19.9 Å². The van der Waals surface area contributed by atoms with Gasteiger partial charge in [-0.1, -0.05) is 363 Å². The van der Waals surface area contributed by atoms with E-state index < -0.39 is 0 Å². The van der Waals surface area contributed by atoms with Crippen molar-refractivity contribution in [3.8, 4) is 0 Å². The van der Waals surface area contributed by atoms with Crippen LogP contribution in [-0.4, -0.2) is 39.6 Å². The lowest BCUT2D eigenvalue weighted by Crippen LogP contribution is -2.24. The van der Waals surface area contributed by atoms with Crippen molar-refractivity contribution in [1.29, 1.82) is 0 Å². The third kappa shape index (κ3) is 25.4. The number of hydrogen-bond acceptors (Lipinski definition) is 7. The fourth-order valence-electron chi connectivity index (χ4n) is 16.0. The van der Waals surface area contributed by atoms with Gasteiger partial charge in [0.25, 0.3) is 0 Å². The standard InChI is InChI=1S/C14H16.C13H15N.C13H14.3C12H17N.3C12H13N/c1-14(2,3)13-9-8-11-6-4-5-7-12(11)10-13;1-13(2,3)12-8-10-6-4-5-7-11(10)9-14-12;1-10(2)12-9-5-7-11-6-3-4-8-13(11)12;1-9(2)10-5-3-7-12-11(10)6-4-8-13-12;1-9(2)11-5-3-4-10-8-13-7-6-12(10)11;1-9(2)11-5-3-4-10-6-7-13-8-12(10)11;1-9(2)12-8-13-7-10-5-3-4-6-11(10)12;1-9(2)10-7-8-13-12-6-4-3-5-11(10)12;1-9(2)12-11-6-4-3-5-10(11)7-8-13-12/h4-10H,1-3H3;4-9H,1-3H3;3-10H,1-2H3;3,5,7,9,13H,4,6,8H2,1-2H3;2*3-5,9,13H,6-8H2,1-2H3;3*3-9H,1-2H3. The summed E-state index contributed by atoms with van der Waals surface area (Å²) < 4.78 is 0. The molecule has 0 spiro atoms. The fourth-order valence-corrected chi connectivity index (χ4v) is 16.0. The highest BCUT2D eigenvalue weighted by Gasteiger charge is 2.19. The molecule has 0 saturated carbocycles. The number of pyridine rings is 4. The third-order valence-corrected chi connectivity index (χ3v) is 22.7. The summed E-state index contributed by atoms with van der Waals surface area (Å²) in [5.74, 6) is 4.15. The van der Waals surface area contributed by atoms with Crippen molar-refractivity contribution in [2.45, 2.75) is 230 Å². The van der Waals surface area contributed by atoms with Crippen LogP contribution in [0.15, 0.2) is 286 Å². The van der Waals surface area contributed by atoms with Gasteiger partial charge in [-0.05, 0) is 220 Å². The van der Waals surface area contributed by atoms with Gasteiger partial charge in [0, 0.05) is 89.0 Å². The molecule has 0 radical (unpaired) electrons. The van der Waals surface area contributed by atoms with Crippen LogP contribution < -0.4 is 16.0 Å². The average molecular weight is 1580 g/mol. The molecule has 7 nitrogen and oxygen atoms in total. The molecular formula is C112H135N7. The number of nitrogens with zero attached hydrogens (tertiary/aromatic N) is 4. The summed E-state index contributed by atoms with van der Waals surface area (Å²) in [4.78, 5) is 17.4. The molecule has 0 saturated heterocycles. The zero-order chi connectivity index (χ0) is 85.2. The lowest BCUT2D eigenvalue weighted by atomic mass is 9.86. The quantitative estimate of drug-likeness (QED) is 0.147. The average Bonchev–Trinajstić information content (AvgIpc) is 0.824. The fraction of sp³-hybridized carbons (Fsp3) is 0.339. The summed E-state index contributed by atoms with van der Waals surface area (Å²) in [6, 6.07) is 90.1. The van der Waals surface area contributed by atoms with Crippen molar-refractivity contribution in [1.82, 2.24) is 30.6 Å². The molecule has 0 aliphatic carbocycles. The number of anilines is 1. The Kier molecular flexibility index (Phi) is 33.4.